The SMILES string of the molecule is CCOC(=O)c1ccc([C@@H]2OC3(C(=O)c4ccccc4C3=O)[C@@H]3C(=O)N(c4ccc(C)cc4)C(=O)[C@H]32)cc1. The zero-order valence-electron chi connectivity index (χ0n) is 20.7. The monoisotopic (exact) mass is 509 g/mol. The number of hydrogen-bond donors (Lipinski definition) is 0. The molecule has 3 aromatic rings. The predicted octanol–water partition coefficient (Wildman–Crippen LogP) is 3.87. The van der Waals surface area contributed by atoms with Gasteiger partial charge in [0.2, 0.25) is 29.0 Å². The van der Waals surface area contributed by atoms with Crippen molar-refractivity contribution in [3.05, 3.63) is 101 Å². The summed E-state index contributed by atoms with van der Waals surface area (Å²) in [5.74, 6) is -5.38. The van der Waals surface area contributed by atoms with Gasteiger partial charge in [0.05, 0.1) is 35.8 Å². The number of ketones is 2. The fraction of sp³-hybridized carbons (Fsp3) is 0.233. The highest BCUT2D eigenvalue weighted by atomic mass is 16.5. The molecule has 2 heterocycles. The molecule has 0 unspecified atom stereocenters. The molecule has 190 valence electrons. The number of benzene rings is 3. The second kappa shape index (κ2) is 8.56. The highest BCUT2D eigenvalue weighted by Gasteiger charge is 2.74. The lowest BCUT2D eigenvalue weighted by atomic mass is 9.77. The van der Waals surface area contributed by atoms with Gasteiger partial charge in [-0.25, -0.2) is 9.69 Å². The molecule has 0 N–H and O–H groups in total. The number of amides is 2. The molecule has 3 atom stereocenters. The van der Waals surface area contributed by atoms with Crippen LogP contribution in [0.25, 0.3) is 0 Å². The van der Waals surface area contributed by atoms with Crippen molar-refractivity contribution >= 4 is 35.0 Å². The molecule has 1 spiro atoms. The molecule has 2 amide bonds. The van der Waals surface area contributed by atoms with Gasteiger partial charge < -0.3 is 9.47 Å². The molecular formula is C30H23NO7. The average Bonchev–Trinajstić information content (AvgIpc) is 3.49. The van der Waals surface area contributed by atoms with E-state index in [-0.39, 0.29) is 17.7 Å². The molecule has 0 radical (unpaired) electrons. The van der Waals surface area contributed by atoms with Crippen molar-refractivity contribution in [1.29, 1.82) is 0 Å². The number of aryl methyl sites for hydroxylation is 1. The van der Waals surface area contributed by atoms with E-state index in [1.165, 1.54) is 24.3 Å². The second-order valence-corrected chi connectivity index (χ2v) is 9.67. The summed E-state index contributed by atoms with van der Waals surface area (Å²) in [5, 5.41) is 0. The summed E-state index contributed by atoms with van der Waals surface area (Å²) in [5.41, 5.74) is 0.271. The Kier molecular flexibility index (Phi) is 5.39. The number of rotatable bonds is 4. The highest BCUT2D eigenvalue weighted by Crippen LogP contribution is 2.57. The van der Waals surface area contributed by atoms with Crippen LogP contribution in [0.5, 0.6) is 0 Å². The van der Waals surface area contributed by atoms with E-state index in [4.69, 9.17) is 9.47 Å². The number of carbonyl (C=O) groups excluding carboxylic acids is 5. The van der Waals surface area contributed by atoms with Crippen LogP contribution in [-0.4, -0.2) is 41.6 Å². The maximum absolute atomic E-state index is 13.9. The Bertz CT molecular complexity index is 1490. The summed E-state index contributed by atoms with van der Waals surface area (Å²) in [6.45, 7) is 3.81. The van der Waals surface area contributed by atoms with Gasteiger partial charge in [0.15, 0.2) is 0 Å². The summed E-state index contributed by atoms with van der Waals surface area (Å²) in [6.07, 6.45) is -1.06. The molecule has 0 bridgehead atoms. The van der Waals surface area contributed by atoms with Crippen molar-refractivity contribution in [3.8, 4) is 0 Å². The molecule has 2 fully saturated rings. The lowest BCUT2D eigenvalue weighted by molar-refractivity contribution is -0.127. The Morgan fingerprint density at radius 3 is 2.05 bits per heavy atom. The summed E-state index contributed by atoms with van der Waals surface area (Å²) in [7, 11) is 0. The number of carbonyl (C=O) groups is 5. The lowest BCUT2D eigenvalue weighted by Crippen LogP contribution is -2.51. The normalized spacial score (nSPS) is 23.2. The third-order valence-corrected chi connectivity index (χ3v) is 7.56. The van der Waals surface area contributed by atoms with E-state index in [0.29, 0.717) is 16.8 Å². The smallest absolute Gasteiger partial charge is 0.338 e. The summed E-state index contributed by atoms with van der Waals surface area (Å²) in [4.78, 5) is 68.7. The molecule has 38 heavy (non-hydrogen) atoms. The van der Waals surface area contributed by atoms with Gasteiger partial charge in [0.1, 0.15) is 0 Å². The van der Waals surface area contributed by atoms with Crippen molar-refractivity contribution in [3.63, 3.8) is 0 Å². The molecule has 0 aromatic heterocycles. The number of nitrogens with zero attached hydrogens (tertiary/aromatic N) is 1. The van der Waals surface area contributed by atoms with Crippen molar-refractivity contribution in [1.82, 2.24) is 0 Å². The van der Waals surface area contributed by atoms with E-state index in [1.54, 1.807) is 55.5 Å². The third kappa shape index (κ3) is 3.16. The first-order chi connectivity index (χ1) is 18.3. The van der Waals surface area contributed by atoms with Crippen LogP contribution >= 0.6 is 0 Å². The Morgan fingerprint density at radius 1 is 0.868 bits per heavy atom. The fourth-order valence-electron chi connectivity index (χ4n) is 5.79. The van der Waals surface area contributed by atoms with Gasteiger partial charge in [-0.05, 0) is 43.7 Å². The number of hydrogen-bond acceptors (Lipinski definition) is 7. The molecule has 2 saturated heterocycles. The van der Waals surface area contributed by atoms with Crippen LogP contribution in [0.4, 0.5) is 5.69 Å². The molecule has 1 aliphatic carbocycles. The molecule has 0 saturated carbocycles. The van der Waals surface area contributed by atoms with Gasteiger partial charge in [0, 0.05) is 11.1 Å². The molecule has 6 rings (SSSR count). The molecule has 3 aromatic carbocycles. The van der Waals surface area contributed by atoms with Crippen molar-refractivity contribution in [2.75, 3.05) is 11.5 Å². The van der Waals surface area contributed by atoms with E-state index in [2.05, 4.69) is 0 Å². The van der Waals surface area contributed by atoms with E-state index in [0.717, 1.165) is 10.5 Å². The number of fused-ring (bicyclic) bond motifs is 3. The van der Waals surface area contributed by atoms with Crippen LogP contribution in [0.15, 0.2) is 72.8 Å². The molecule has 8 nitrogen and oxygen atoms in total. The van der Waals surface area contributed by atoms with Crippen LogP contribution in [0, 0.1) is 18.8 Å². The van der Waals surface area contributed by atoms with Gasteiger partial charge in [-0.3, -0.25) is 19.2 Å². The summed E-state index contributed by atoms with van der Waals surface area (Å²) in [6, 6.07) is 19.5. The Morgan fingerprint density at radius 2 is 1.47 bits per heavy atom. The van der Waals surface area contributed by atoms with E-state index >= 15 is 0 Å². The van der Waals surface area contributed by atoms with Gasteiger partial charge >= 0.3 is 5.97 Å². The first-order valence-corrected chi connectivity index (χ1v) is 12.4. The fourth-order valence-corrected chi connectivity index (χ4v) is 5.79. The maximum Gasteiger partial charge on any atom is 0.338 e. The number of imide groups is 1. The molecule has 3 aliphatic rings. The molecule has 8 heteroatoms. The van der Waals surface area contributed by atoms with E-state index < -0.39 is 52.9 Å². The molecular weight excluding hydrogens is 486 g/mol. The zero-order chi connectivity index (χ0) is 26.8. The minimum absolute atomic E-state index is 0.170. The number of esters is 1. The van der Waals surface area contributed by atoms with Gasteiger partial charge in [0.25, 0.3) is 0 Å². The topological polar surface area (TPSA) is 107 Å². The van der Waals surface area contributed by atoms with E-state index in [9.17, 15) is 24.0 Å². The minimum Gasteiger partial charge on any atom is -0.462 e. The summed E-state index contributed by atoms with van der Waals surface area (Å²) >= 11 is 0. The van der Waals surface area contributed by atoms with E-state index in [1.807, 2.05) is 6.92 Å². The Hall–Kier alpha value is -4.43. The third-order valence-electron chi connectivity index (χ3n) is 7.56. The summed E-state index contributed by atoms with van der Waals surface area (Å²) < 4.78 is 11.3. The number of ether oxygens (including phenoxy) is 2. The first kappa shape index (κ1) is 23.9. The second-order valence-electron chi connectivity index (χ2n) is 9.67. The Balaban J connectivity index is 1.48. The van der Waals surface area contributed by atoms with Crippen LogP contribution in [0.2, 0.25) is 0 Å². The first-order valence-electron chi connectivity index (χ1n) is 12.4. The number of Topliss-reactive ketones (excluding diaryl/α,β-unsaturated/α-hetero) is 2. The number of anilines is 1. The largest absolute Gasteiger partial charge is 0.462 e. The maximum atomic E-state index is 13.9. The van der Waals surface area contributed by atoms with Crippen molar-refractivity contribution < 1.29 is 33.4 Å². The average molecular weight is 510 g/mol. The van der Waals surface area contributed by atoms with Gasteiger partial charge in [-0.2, -0.15) is 0 Å². The highest BCUT2D eigenvalue weighted by molar-refractivity contribution is 6.37. The van der Waals surface area contributed by atoms with Crippen LogP contribution in [0.3, 0.4) is 0 Å². The van der Waals surface area contributed by atoms with Gasteiger partial charge in [-0.1, -0.05) is 54.1 Å². The van der Waals surface area contributed by atoms with Gasteiger partial charge in [-0.15, -0.1) is 0 Å². The van der Waals surface area contributed by atoms with Crippen molar-refractivity contribution in [2.24, 2.45) is 11.8 Å². The lowest BCUT2D eigenvalue weighted by Gasteiger charge is -2.27. The minimum atomic E-state index is -2.15. The molecule has 2 aliphatic heterocycles. The standard InChI is InChI=1S/C30H23NO7/c1-3-37-29(36)18-12-10-17(11-13-18)24-22-23(28(35)31(27(22)34)19-14-8-16(2)9-15-19)30(38-24)25(32)20-6-4-5-7-21(20)26(30)33/h4-15,22-24H,3H2,1-2H3/t22-,23+,24+/m1/s1. The van der Waals surface area contributed by atoms with Crippen molar-refractivity contribution in [2.45, 2.75) is 25.6 Å². The zero-order valence-corrected chi connectivity index (χ0v) is 20.7. The van der Waals surface area contributed by atoms with Crippen LogP contribution < -0.4 is 4.90 Å². The quantitative estimate of drug-likeness (QED) is 0.299. The predicted molar refractivity (Wildman–Crippen MR) is 135 cm³/mol. The Labute approximate surface area is 218 Å². The van der Waals surface area contributed by atoms with Crippen LogP contribution in [0.1, 0.15) is 55.2 Å². The van der Waals surface area contributed by atoms with Crippen LogP contribution in [-0.2, 0) is 19.1 Å².